The largest absolute Gasteiger partial charge is 0.480 e. The summed E-state index contributed by atoms with van der Waals surface area (Å²) in [7, 11) is 0. The van der Waals surface area contributed by atoms with Crippen molar-refractivity contribution in [3.63, 3.8) is 0 Å². The van der Waals surface area contributed by atoms with Gasteiger partial charge in [-0.1, -0.05) is 0 Å². The standard InChI is InChI=1S/C16H19N3O4/c1-16(6-7-20,15(22)23)18-14(21)10-2-5-12-13(8-10)19(9-17-12)11-3-4-11/h2,5,8-9,11,20H,3-4,6-7H2,1H3,(H,18,21)(H,22,23). The fraction of sp³-hybridized carbons (Fsp3) is 0.438. The molecule has 1 saturated carbocycles. The van der Waals surface area contributed by atoms with Crippen LogP contribution in [-0.4, -0.2) is 43.8 Å². The monoisotopic (exact) mass is 317 g/mol. The number of aromatic nitrogens is 2. The first-order chi connectivity index (χ1) is 10.9. The van der Waals surface area contributed by atoms with E-state index in [1.165, 1.54) is 6.92 Å². The zero-order valence-electron chi connectivity index (χ0n) is 12.8. The molecule has 2 aromatic rings. The second-order valence-electron chi connectivity index (χ2n) is 6.15. The third-order valence-electron chi connectivity index (χ3n) is 4.25. The summed E-state index contributed by atoms with van der Waals surface area (Å²) < 4.78 is 2.05. The van der Waals surface area contributed by atoms with Gasteiger partial charge in [-0.05, 0) is 38.0 Å². The van der Waals surface area contributed by atoms with E-state index in [9.17, 15) is 14.7 Å². The Labute approximate surface area is 132 Å². The molecule has 1 fully saturated rings. The number of carbonyl (C=O) groups is 2. The highest BCUT2D eigenvalue weighted by Gasteiger charge is 2.34. The van der Waals surface area contributed by atoms with E-state index in [-0.39, 0.29) is 13.0 Å². The quantitative estimate of drug-likeness (QED) is 0.745. The van der Waals surface area contributed by atoms with E-state index < -0.39 is 17.4 Å². The minimum absolute atomic E-state index is 0.0592. The van der Waals surface area contributed by atoms with Gasteiger partial charge in [0.2, 0.25) is 0 Å². The maximum atomic E-state index is 12.4. The molecule has 1 aromatic heterocycles. The second kappa shape index (κ2) is 5.66. The maximum Gasteiger partial charge on any atom is 0.329 e. The lowest BCUT2D eigenvalue weighted by Crippen LogP contribution is -2.52. The van der Waals surface area contributed by atoms with Crippen LogP contribution < -0.4 is 5.32 Å². The van der Waals surface area contributed by atoms with Crippen LogP contribution >= 0.6 is 0 Å². The predicted molar refractivity (Wildman–Crippen MR) is 83.2 cm³/mol. The Balaban J connectivity index is 1.88. The van der Waals surface area contributed by atoms with Crippen LogP contribution in [0.5, 0.6) is 0 Å². The molecule has 1 aliphatic rings. The van der Waals surface area contributed by atoms with Gasteiger partial charge in [0.25, 0.3) is 5.91 Å². The molecule has 1 aromatic carbocycles. The van der Waals surface area contributed by atoms with E-state index in [0.717, 1.165) is 23.9 Å². The van der Waals surface area contributed by atoms with Crippen molar-refractivity contribution in [1.82, 2.24) is 14.9 Å². The predicted octanol–water partition coefficient (Wildman–Crippen LogP) is 1.33. The SMILES string of the molecule is CC(CCO)(NC(=O)c1ccc2ncn(C3CC3)c2c1)C(=O)O. The number of aliphatic hydroxyl groups excluding tert-OH is 1. The molecular formula is C16H19N3O4. The summed E-state index contributed by atoms with van der Waals surface area (Å²) in [6.45, 7) is 1.06. The average molecular weight is 317 g/mol. The van der Waals surface area contributed by atoms with Crippen LogP contribution in [0.2, 0.25) is 0 Å². The molecule has 0 spiro atoms. The number of hydrogen-bond donors (Lipinski definition) is 3. The summed E-state index contributed by atoms with van der Waals surface area (Å²) >= 11 is 0. The van der Waals surface area contributed by atoms with E-state index in [4.69, 9.17) is 5.11 Å². The maximum absolute atomic E-state index is 12.4. The van der Waals surface area contributed by atoms with Gasteiger partial charge in [-0.25, -0.2) is 9.78 Å². The molecule has 3 N–H and O–H groups in total. The molecule has 1 atom stereocenters. The van der Waals surface area contributed by atoms with Crippen molar-refractivity contribution < 1.29 is 19.8 Å². The van der Waals surface area contributed by atoms with Crippen LogP contribution in [0, 0.1) is 0 Å². The number of imidazole rings is 1. The fourth-order valence-corrected chi connectivity index (χ4v) is 2.58. The number of carboxylic acids is 1. The lowest BCUT2D eigenvalue weighted by atomic mass is 9.97. The Bertz CT molecular complexity index is 766. The second-order valence-corrected chi connectivity index (χ2v) is 6.15. The molecule has 23 heavy (non-hydrogen) atoms. The van der Waals surface area contributed by atoms with Crippen LogP contribution in [-0.2, 0) is 4.79 Å². The van der Waals surface area contributed by atoms with Gasteiger partial charge in [0.15, 0.2) is 0 Å². The molecule has 0 radical (unpaired) electrons. The van der Waals surface area contributed by atoms with Gasteiger partial charge in [-0.3, -0.25) is 4.79 Å². The first-order valence-electron chi connectivity index (χ1n) is 7.58. The van der Waals surface area contributed by atoms with Crippen LogP contribution in [0.25, 0.3) is 11.0 Å². The minimum atomic E-state index is -1.50. The van der Waals surface area contributed by atoms with Gasteiger partial charge in [0, 0.05) is 24.6 Å². The number of carboxylic acid groups (broad SMARTS) is 1. The smallest absolute Gasteiger partial charge is 0.329 e. The average Bonchev–Trinajstić information content (AvgIpc) is 3.26. The summed E-state index contributed by atoms with van der Waals surface area (Å²) in [5.74, 6) is -1.65. The summed E-state index contributed by atoms with van der Waals surface area (Å²) in [5, 5.41) is 20.8. The highest BCUT2D eigenvalue weighted by molar-refractivity contribution is 6.00. The highest BCUT2D eigenvalue weighted by atomic mass is 16.4. The molecule has 3 rings (SSSR count). The van der Waals surface area contributed by atoms with Crippen LogP contribution in [0.3, 0.4) is 0 Å². The van der Waals surface area contributed by atoms with E-state index in [0.29, 0.717) is 11.6 Å². The molecule has 7 heteroatoms. The van der Waals surface area contributed by atoms with Crippen LogP contribution in [0.1, 0.15) is 42.6 Å². The van der Waals surface area contributed by atoms with Crippen molar-refractivity contribution in [1.29, 1.82) is 0 Å². The van der Waals surface area contributed by atoms with Crippen molar-refractivity contribution in [2.45, 2.75) is 37.8 Å². The van der Waals surface area contributed by atoms with E-state index in [1.807, 2.05) is 0 Å². The zero-order chi connectivity index (χ0) is 16.6. The number of amides is 1. The van der Waals surface area contributed by atoms with Gasteiger partial charge < -0.3 is 20.1 Å². The third kappa shape index (κ3) is 2.92. The number of aliphatic carboxylic acids is 1. The fourth-order valence-electron chi connectivity index (χ4n) is 2.58. The zero-order valence-corrected chi connectivity index (χ0v) is 12.8. The number of aliphatic hydroxyl groups is 1. The molecule has 1 heterocycles. The number of carbonyl (C=O) groups excluding carboxylic acids is 1. The molecule has 0 bridgehead atoms. The number of rotatable bonds is 6. The van der Waals surface area contributed by atoms with Crippen molar-refractivity contribution >= 4 is 22.9 Å². The molecule has 7 nitrogen and oxygen atoms in total. The van der Waals surface area contributed by atoms with Crippen LogP contribution in [0.4, 0.5) is 0 Å². The molecule has 1 aliphatic carbocycles. The topological polar surface area (TPSA) is 104 Å². The van der Waals surface area contributed by atoms with Crippen molar-refractivity contribution in [3.8, 4) is 0 Å². The van der Waals surface area contributed by atoms with Gasteiger partial charge in [0.1, 0.15) is 5.54 Å². The Morgan fingerprint density at radius 1 is 1.43 bits per heavy atom. The van der Waals surface area contributed by atoms with E-state index >= 15 is 0 Å². The minimum Gasteiger partial charge on any atom is -0.480 e. The first-order valence-corrected chi connectivity index (χ1v) is 7.58. The van der Waals surface area contributed by atoms with Crippen molar-refractivity contribution in [2.24, 2.45) is 0 Å². The summed E-state index contributed by atoms with van der Waals surface area (Å²) in [5.41, 5.74) is 0.562. The van der Waals surface area contributed by atoms with Gasteiger partial charge in [-0.2, -0.15) is 0 Å². The molecule has 1 unspecified atom stereocenters. The number of benzene rings is 1. The molecule has 0 saturated heterocycles. The Morgan fingerprint density at radius 3 is 2.78 bits per heavy atom. The van der Waals surface area contributed by atoms with Crippen LogP contribution in [0.15, 0.2) is 24.5 Å². The molecule has 122 valence electrons. The number of nitrogens with one attached hydrogen (secondary N) is 1. The number of nitrogens with zero attached hydrogens (tertiary/aromatic N) is 2. The van der Waals surface area contributed by atoms with Gasteiger partial charge in [-0.15, -0.1) is 0 Å². The third-order valence-corrected chi connectivity index (χ3v) is 4.25. The summed E-state index contributed by atoms with van der Waals surface area (Å²) in [6, 6.07) is 5.56. The van der Waals surface area contributed by atoms with Crippen molar-refractivity contribution in [3.05, 3.63) is 30.1 Å². The van der Waals surface area contributed by atoms with E-state index in [2.05, 4.69) is 14.9 Å². The number of fused-ring (bicyclic) bond motifs is 1. The first kappa shape index (κ1) is 15.5. The highest BCUT2D eigenvalue weighted by Crippen LogP contribution is 2.37. The van der Waals surface area contributed by atoms with Gasteiger partial charge in [0.05, 0.1) is 17.4 Å². The van der Waals surface area contributed by atoms with Gasteiger partial charge >= 0.3 is 5.97 Å². The molecular weight excluding hydrogens is 298 g/mol. The van der Waals surface area contributed by atoms with Crippen molar-refractivity contribution in [2.75, 3.05) is 6.61 Å². The lowest BCUT2D eigenvalue weighted by molar-refractivity contribution is -0.144. The Morgan fingerprint density at radius 2 is 2.17 bits per heavy atom. The summed E-state index contributed by atoms with van der Waals surface area (Å²) in [4.78, 5) is 28.1. The summed E-state index contributed by atoms with van der Waals surface area (Å²) in [6.07, 6.45) is 3.93. The van der Waals surface area contributed by atoms with E-state index in [1.54, 1.807) is 24.5 Å². The number of hydrogen-bond acceptors (Lipinski definition) is 4. The Kier molecular flexibility index (Phi) is 3.81. The molecule has 0 aliphatic heterocycles. The Hall–Kier alpha value is -2.41. The molecule has 1 amide bonds. The lowest BCUT2D eigenvalue weighted by Gasteiger charge is -2.25. The normalized spacial score (nSPS) is 17.0.